The first-order valence-corrected chi connectivity index (χ1v) is 7.87. The molecule has 0 radical (unpaired) electrons. The second-order valence-corrected chi connectivity index (χ2v) is 6.20. The number of carbonyl (C=O) groups is 1. The molecule has 0 aromatic heterocycles. The number of hydrogen-bond donors (Lipinski definition) is 1. The SMILES string of the molecule is CC1Cc2cc(-c3ccc4c(c3)CCNC4)ccc2C(=O)O1. The first-order chi connectivity index (χ1) is 10.7. The van der Waals surface area contributed by atoms with Gasteiger partial charge in [-0.1, -0.05) is 30.3 Å². The van der Waals surface area contributed by atoms with Crippen molar-refractivity contribution in [2.45, 2.75) is 32.4 Å². The minimum Gasteiger partial charge on any atom is -0.459 e. The average molecular weight is 293 g/mol. The monoisotopic (exact) mass is 293 g/mol. The molecular weight excluding hydrogens is 274 g/mol. The Morgan fingerprint density at radius 1 is 1.05 bits per heavy atom. The summed E-state index contributed by atoms with van der Waals surface area (Å²) in [5, 5.41) is 3.40. The molecule has 112 valence electrons. The van der Waals surface area contributed by atoms with Crippen LogP contribution in [0.2, 0.25) is 0 Å². The summed E-state index contributed by atoms with van der Waals surface area (Å²) in [6, 6.07) is 12.8. The zero-order valence-corrected chi connectivity index (χ0v) is 12.7. The first kappa shape index (κ1) is 13.5. The van der Waals surface area contributed by atoms with Crippen molar-refractivity contribution in [2.24, 2.45) is 0 Å². The number of ether oxygens (including phenoxy) is 1. The number of fused-ring (bicyclic) bond motifs is 2. The summed E-state index contributed by atoms with van der Waals surface area (Å²) in [6.07, 6.45) is 1.84. The molecule has 22 heavy (non-hydrogen) atoms. The van der Waals surface area contributed by atoms with Gasteiger partial charge in [0.1, 0.15) is 6.10 Å². The molecule has 0 bridgehead atoms. The molecule has 1 atom stereocenters. The van der Waals surface area contributed by atoms with Gasteiger partial charge in [0.2, 0.25) is 0 Å². The van der Waals surface area contributed by atoms with Crippen LogP contribution in [0.15, 0.2) is 36.4 Å². The van der Waals surface area contributed by atoms with Crippen LogP contribution in [-0.2, 0) is 24.1 Å². The molecule has 2 aromatic rings. The van der Waals surface area contributed by atoms with Crippen molar-refractivity contribution in [3.05, 3.63) is 58.7 Å². The summed E-state index contributed by atoms with van der Waals surface area (Å²) in [5.74, 6) is -0.197. The topological polar surface area (TPSA) is 38.3 Å². The van der Waals surface area contributed by atoms with Crippen LogP contribution >= 0.6 is 0 Å². The third-order valence-electron chi connectivity index (χ3n) is 4.57. The van der Waals surface area contributed by atoms with Crippen LogP contribution < -0.4 is 5.32 Å². The molecule has 3 heteroatoms. The van der Waals surface area contributed by atoms with E-state index in [0.717, 1.165) is 31.5 Å². The van der Waals surface area contributed by atoms with Crippen LogP contribution in [0.5, 0.6) is 0 Å². The van der Waals surface area contributed by atoms with E-state index in [2.05, 4.69) is 29.6 Å². The standard InChI is InChI=1S/C19H19NO2/c1-12-8-17-10-14(4-5-18(17)19(21)22-12)13-2-3-16-11-20-7-6-15(16)9-13/h2-5,9-10,12,20H,6-8,11H2,1H3. The minimum absolute atomic E-state index is 0.0372. The zero-order valence-electron chi connectivity index (χ0n) is 12.7. The number of benzene rings is 2. The van der Waals surface area contributed by atoms with E-state index < -0.39 is 0 Å². The van der Waals surface area contributed by atoms with Crippen LogP contribution in [0.25, 0.3) is 11.1 Å². The normalized spacial score (nSPS) is 20.0. The largest absolute Gasteiger partial charge is 0.459 e. The third kappa shape index (κ3) is 2.32. The van der Waals surface area contributed by atoms with Crippen molar-refractivity contribution in [2.75, 3.05) is 6.54 Å². The molecule has 0 fully saturated rings. The minimum atomic E-state index is -0.197. The predicted octanol–water partition coefficient (Wildman–Crippen LogP) is 3.10. The molecule has 0 aliphatic carbocycles. The summed E-state index contributed by atoms with van der Waals surface area (Å²) in [4.78, 5) is 11.9. The highest BCUT2D eigenvalue weighted by molar-refractivity contribution is 5.93. The van der Waals surface area contributed by atoms with E-state index in [1.54, 1.807) is 0 Å². The third-order valence-corrected chi connectivity index (χ3v) is 4.57. The Balaban J connectivity index is 1.74. The van der Waals surface area contributed by atoms with Gasteiger partial charge in [-0.3, -0.25) is 0 Å². The van der Waals surface area contributed by atoms with Gasteiger partial charge >= 0.3 is 5.97 Å². The molecule has 2 aliphatic heterocycles. The molecule has 1 N–H and O–H groups in total. The Kier molecular flexibility index (Phi) is 3.23. The van der Waals surface area contributed by atoms with Crippen LogP contribution in [0.1, 0.15) is 34.0 Å². The quantitative estimate of drug-likeness (QED) is 0.821. The fraction of sp³-hybridized carbons (Fsp3) is 0.316. The highest BCUT2D eigenvalue weighted by atomic mass is 16.5. The van der Waals surface area contributed by atoms with Crippen LogP contribution in [0, 0.1) is 0 Å². The van der Waals surface area contributed by atoms with E-state index in [1.807, 2.05) is 19.1 Å². The van der Waals surface area contributed by atoms with E-state index >= 15 is 0 Å². The molecular formula is C19H19NO2. The van der Waals surface area contributed by atoms with Gasteiger partial charge in [-0.15, -0.1) is 0 Å². The van der Waals surface area contributed by atoms with Crippen molar-refractivity contribution >= 4 is 5.97 Å². The number of carbonyl (C=O) groups excluding carboxylic acids is 1. The summed E-state index contributed by atoms with van der Waals surface area (Å²) < 4.78 is 5.29. The Morgan fingerprint density at radius 3 is 2.68 bits per heavy atom. The van der Waals surface area contributed by atoms with E-state index in [9.17, 15) is 4.79 Å². The lowest BCUT2D eigenvalue weighted by Crippen LogP contribution is -2.25. The predicted molar refractivity (Wildman–Crippen MR) is 85.9 cm³/mol. The molecule has 0 spiro atoms. The Bertz CT molecular complexity index is 751. The van der Waals surface area contributed by atoms with Gasteiger partial charge in [0.05, 0.1) is 5.56 Å². The smallest absolute Gasteiger partial charge is 0.338 e. The summed E-state index contributed by atoms with van der Waals surface area (Å²) >= 11 is 0. The Morgan fingerprint density at radius 2 is 1.82 bits per heavy atom. The molecule has 3 nitrogen and oxygen atoms in total. The van der Waals surface area contributed by atoms with E-state index in [-0.39, 0.29) is 12.1 Å². The van der Waals surface area contributed by atoms with Crippen LogP contribution in [0.4, 0.5) is 0 Å². The molecule has 2 heterocycles. The van der Waals surface area contributed by atoms with Gasteiger partial charge in [0.25, 0.3) is 0 Å². The van der Waals surface area contributed by atoms with Crippen molar-refractivity contribution < 1.29 is 9.53 Å². The maximum Gasteiger partial charge on any atom is 0.338 e. The molecule has 0 saturated heterocycles. The Hall–Kier alpha value is -2.13. The molecule has 4 rings (SSSR count). The summed E-state index contributed by atoms with van der Waals surface area (Å²) in [6.45, 7) is 3.95. The molecule has 0 saturated carbocycles. The number of rotatable bonds is 1. The highest BCUT2D eigenvalue weighted by Crippen LogP contribution is 2.29. The summed E-state index contributed by atoms with van der Waals surface area (Å²) in [5.41, 5.74) is 7.05. The van der Waals surface area contributed by atoms with Crippen molar-refractivity contribution in [3.63, 3.8) is 0 Å². The summed E-state index contributed by atoms with van der Waals surface area (Å²) in [7, 11) is 0. The zero-order chi connectivity index (χ0) is 15.1. The maximum atomic E-state index is 11.9. The second-order valence-electron chi connectivity index (χ2n) is 6.20. The lowest BCUT2D eigenvalue weighted by Gasteiger charge is -2.22. The van der Waals surface area contributed by atoms with Crippen LogP contribution in [0.3, 0.4) is 0 Å². The Labute approximate surface area is 130 Å². The van der Waals surface area contributed by atoms with E-state index in [0.29, 0.717) is 5.56 Å². The first-order valence-electron chi connectivity index (χ1n) is 7.87. The lowest BCUT2D eigenvalue weighted by atomic mass is 9.91. The lowest BCUT2D eigenvalue weighted by molar-refractivity contribution is 0.0301. The number of nitrogens with one attached hydrogen (secondary N) is 1. The van der Waals surface area contributed by atoms with Gasteiger partial charge in [0, 0.05) is 13.0 Å². The fourth-order valence-corrected chi connectivity index (χ4v) is 3.40. The number of esters is 1. The van der Waals surface area contributed by atoms with Gasteiger partial charge < -0.3 is 10.1 Å². The van der Waals surface area contributed by atoms with Gasteiger partial charge in [0.15, 0.2) is 0 Å². The van der Waals surface area contributed by atoms with Gasteiger partial charge in [-0.05, 0) is 53.8 Å². The molecule has 2 aliphatic rings. The molecule has 2 aromatic carbocycles. The van der Waals surface area contributed by atoms with Crippen molar-refractivity contribution in [1.82, 2.24) is 5.32 Å². The van der Waals surface area contributed by atoms with Crippen LogP contribution in [-0.4, -0.2) is 18.6 Å². The van der Waals surface area contributed by atoms with Gasteiger partial charge in [-0.2, -0.15) is 0 Å². The van der Waals surface area contributed by atoms with Crippen molar-refractivity contribution in [3.8, 4) is 11.1 Å². The van der Waals surface area contributed by atoms with Crippen molar-refractivity contribution in [1.29, 1.82) is 0 Å². The average Bonchev–Trinajstić information content (AvgIpc) is 2.53. The van der Waals surface area contributed by atoms with E-state index in [1.165, 1.54) is 22.3 Å². The van der Waals surface area contributed by atoms with E-state index in [4.69, 9.17) is 4.74 Å². The molecule has 1 unspecified atom stereocenters. The number of cyclic esters (lactones) is 1. The fourth-order valence-electron chi connectivity index (χ4n) is 3.40. The maximum absolute atomic E-state index is 11.9. The number of hydrogen-bond acceptors (Lipinski definition) is 3. The molecule has 0 amide bonds. The highest BCUT2D eigenvalue weighted by Gasteiger charge is 2.23. The van der Waals surface area contributed by atoms with Gasteiger partial charge in [-0.25, -0.2) is 4.79 Å². The second kappa shape index (κ2) is 5.25.